The number of aryl methyl sites for hydroxylation is 1. The molecule has 3 rings (SSSR count). The maximum Gasteiger partial charge on any atom is 0.278 e. The summed E-state index contributed by atoms with van der Waals surface area (Å²) in [4.78, 5) is 24.5. The number of aromatic nitrogens is 4. The molecule has 8 nitrogen and oxygen atoms in total. The van der Waals surface area contributed by atoms with Crippen LogP contribution in [-0.2, 0) is 0 Å². The van der Waals surface area contributed by atoms with Crippen molar-refractivity contribution in [1.82, 2.24) is 19.2 Å². The first-order chi connectivity index (χ1) is 12.0. The van der Waals surface area contributed by atoms with Crippen LogP contribution in [0.2, 0.25) is 8.67 Å². The van der Waals surface area contributed by atoms with Gasteiger partial charge in [0.15, 0.2) is 11.4 Å². The highest BCUT2D eigenvalue weighted by Gasteiger charge is 2.19. The molecule has 1 aromatic carbocycles. The zero-order valence-electron chi connectivity index (χ0n) is 12.4. The maximum atomic E-state index is 12.3. The third-order valence-corrected chi connectivity index (χ3v) is 4.80. The van der Waals surface area contributed by atoms with E-state index in [4.69, 9.17) is 23.2 Å². The largest absolute Gasteiger partial charge is 0.319 e. The van der Waals surface area contributed by atoms with Crippen LogP contribution < -0.4 is 10.6 Å². The van der Waals surface area contributed by atoms with Gasteiger partial charge in [0.1, 0.15) is 8.67 Å². The fourth-order valence-electron chi connectivity index (χ4n) is 1.86. The van der Waals surface area contributed by atoms with E-state index in [0.29, 0.717) is 11.4 Å². The minimum atomic E-state index is -0.536. The second kappa shape index (κ2) is 7.40. The monoisotopic (exact) mass is 414 g/mol. The van der Waals surface area contributed by atoms with Gasteiger partial charge in [-0.15, -0.1) is 10.2 Å². The highest BCUT2D eigenvalue weighted by molar-refractivity contribution is 7.11. The van der Waals surface area contributed by atoms with Crippen LogP contribution >= 0.6 is 46.3 Å². The molecule has 0 bridgehead atoms. The van der Waals surface area contributed by atoms with Crippen molar-refractivity contribution in [2.45, 2.75) is 6.92 Å². The van der Waals surface area contributed by atoms with Gasteiger partial charge in [-0.2, -0.15) is 0 Å². The number of carbonyl (C=O) groups is 2. The van der Waals surface area contributed by atoms with Gasteiger partial charge in [-0.1, -0.05) is 38.2 Å². The number of hydrogen-bond acceptors (Lipinski definition) is 8. The zero-order chi connectivity index (χ0) is 18.0. The van der Waals surface area contributed by atoms with E-state index in [9.17, 15) is 9.59 Å². The van der Waals surface area contributed by atoms with Crippen molar-refractivity contribution >= 4 is 69.5 Å². The second-order valence-electron chi connectivity index (χ2n) is 4.75. The Balaban J connectivity index is 1.86. The number of carbonyl (C=O) groups excluding carboxylic acids is 2. The molecule has 2 amide bonds. The van der Waals surface area contributed by atoms with Crippen molar-refractivity contribution in [2.24, 2.45) is 0 Å². The fourth-order valence-corrected chi connectivity index (χ4v) is 3.12. The molecule has 0 spiro atoms. The molecule has 0 atom stereocenters. The van der Waals surface area contributed by atoms with Gasteiger partial charge >= 0.3 is 0 Å². The standard InChI is InChI=1S/C13H8Cl2N6O2S2/c1-5-2-3-6(16-12(22)8-10(14)24-20-18-8)7(4-5)17-13(23)9-11(15)25-21-19-9/h2-4H,1H3,(H,16,22)(H,17,23). The number of benzene rings is 1. The molecular formula is C13H8Cl2N6O2S2. The zero-order valence-corrected chi connectivity index (χ0v) is 15.6. The third-order valence-electron chi connectivity index (χ3n) is 3.00. The lowest BCUT2D eigenvalue weighted by Crippen LogP contribution is -2.18. The van der Waals surface area contributed by atoms with Crippen molar-refractivity contribution in [2.75, 3.05) is 10.6 Å². The molecule has 2 aromatic heterocycles. The smallest absolute Gasteiger partial charge is 0.278 e. The summed E-state index contributed by atoms with van der Waals surface area (Å²) < 4.78 is 7.58. The van der Waals surface area contributed by atoms with Crippen LogP contribution in [0.3, 0.4) is 0 Å². The van der Waals surface area contributed by atoms with E-state index in [-0.39, 0.29) is 20.1 Å². The lowest BCUT2D eigenvalue weighted by molar-refractivity contribution is 0.101. The SMILES string of the molecule is Cc1ccc(NC(=O)c2nnsc2Cl)c(NC(=O)c2nnsc2Cl)c1. The van der Waals surface area contributed by atoms with Crippen molar-refractivity contribution in [1.29, 1.82) is 0 Å². The normalized spacial score (nSPS) is 10.5. The minimum Gasteiger partial charge on any atom is -0.319 e. The third kappa shape index (κ3) is 3.93. The van der Waals surface area contributed by atoms with Crippen LogP contribution in [0.15, 0.2) is 18.2 Å². The number of anilines is 2. The lowest BCUT2D eigenvalue weighted by atomic mass is 10.2. The average molecular weight is 415 g/mol. The molecule has 3 aromatic rings. The van der Waals surface area contributed by atoms with Gasteiger partial charge in [-0.05, 0) is 24.6 Å². The lowest BCUT2D eigenvalue weighted by Gasteiger charge is -2.12. The first-order valence-electron chi connectivity index (χ1n) is 6.64. The molecule has 12 heteroatoms. The molecule has 0 aliphatic rings. The van der Waals surface area contributed by atoms with Gasteiger partial charge in [0.05, 0.1) is 11.4 Å². The number of hydrogen-bond donors (Lipinski definition) is 2. The average Bonchev–Trinajstić information content (AvgIpc) is 3.18. The molecule has 0 fully saturated rings. The van der Waals surface area contributed by atoms with Crippen LogP contribution in [-0.4, -0.2) is 31.0 Å². The van der Waals surface area contributed by atoms with Crippen molar-refractivity contribution in [3.63, 3.8) is 0 Å². The number of nitrogens with one attached hydrogen (secondary N) is 2. The first-order valence-corrected chi connectivity index (χ1v) is 8.95. The molecule has 128 valence electrons. The Morgan fingerprint density at radius 3 is 1.92 bits per heavy atom. The Labute approximate surface area is 159 Å². The first kappa shape index (κ1) is 17.7. The second-order valence-corrected chi connectivity index (χ2v) is 7.46. The molecule has 0 radical (unpaired) electrons. The van der Waals surface area contributed by atoms with Gasteiger partial charge in [0.25, 0.3) is 11.8 Å². The summed E-state index contributed by atoms with van der Waals surface area (Å²) in [5, 5.41) is 12.7. The van der Waals surface area contributed by atoms with E-state index in [0.717, 1.165) is 28.6 Å². The number of rotatable bonds is 4. The maximum absolute atomic E-state index is 12.3. The number of halogens is 2. The van der Waals surface area contributed by atoms with Crippen molar-refractivity contribution in [3.8, 4) is 0 Å². The van der Waals surface area contributed by atoms with Gasteiger partial charge < -0.3 is 10.6 Å². The molecule has 2 N–H and O–H groups in total. The topological polar surface area (TPSA) is 110 Å². The Hall–Kier alpha value is -2.14. The van der Waals surface area contributed by atoms with Gasteiger partial charge in [0, 0.05) is 23.1 Å². The van der Waals surface area contributed by atoms with E-state index in [2.05, 4.69) is 29.8 Å². The van der Waals surface area contributed by atoms with Crippen molar-refractivity contribution in [3.05, 3.63) is 43.8 Å². The van der Waals surface area contributed by atoms with Crippen LogP contribution in [0.25, 0.3) is 0 Å². The summed E-state index contributed by atoms with van der Waals surface area (Å²) >= 11 is 13.6. The van der Waals surface area contributed by atoms with E-state index in [1.807, 2.05) is 6.92 Å². The van der Waals surface area contributed by atoms with Crippen LogP contribution in [0.4, 0.5) is 11.4 Å². The molecule has 0 unspecified atom stereocenters. The van der Waals surface area contributed by atoms with Gasteiger partial charge in [-0.25, -0.2) is 0 Å². The summed E-state index contributed by atoms with van der Waals surface area (Å²) in [6.45, 7) is 1.85. The highest BCUT2D eigenvalue weighted by Crippen LogP contribution is 2.27. The minimum absolute atomic E-state index is 0.0104. The van der Waals surface area contributed by atoms with E-state index in [1.54, 1.807) is 18.2 Å². The number of nitrogens with zero attached hydrogens (tertiary/aromatic N) is 4. The highest BCUT2D eigenvalue weighted by atomic mass is 35.5. The predicted octanol–water partition coefficient (Wildman–Crippen LogP) is 3.51. The molecule has 0 aliphatic carbocycles. The van der Waals surface area contributed by atoms with Crippen molar-refractivity contribution < 1.29 is 9.59 Å². The molecule has 25 heavy (non-hydrogen) atoms. The summed E-state index contributed by atoms with van der Waals surface area (Å²) in [6.07, 6.45) is 0. The predicted molar refractivity (Wildman–Crippen MR) is 96.9 cm³/mol. The summed E-state index contributed by atoms with van der Waals surface area (Å²) in [5.41, 5.74) is 1.65. The summed E-state index contributed by atoms with van der Waals surface area (Å²) in [7, 11) is 0. The molecule has 0 aliphatic heterocycles. The Bertz CT molecular complexity index is 958. The van der Waals surface area contributed by atoms with Crippen LogP contribution in [0.5, 0.6) is 0 Å². The molecule has 0 saturated carbocycles. The number of amides is 2. The van der Waals surface area contributed by atoms with E-state index in [1.165, 1.54) is 0 Å². The molecule has 2 heterocycles. The van der Waals surface area contributed by atoms with Gasteiger partial charge in [-0.3, -0.25) is 9.59 Å². The van der Waals surface area contributed by atoms with E-state index < -0.39 is 11.8 Å². The van der Waals surface area contributed by atoms with Crippen LogP contribution in [0.1, 0.15) is 26.5 Å². The summed E-state index contributed by atoms with van der Waals surface area (Å²) in [5.74, 6) is -1.07. The van der Waals surface area contributed by atoms with Gasteiger partial charge in [0.2, 0.25) is 0 Å². The van der Waals surface area contributed by atoms with Crippen LogP contribution in [0, 0.1) is 6.92 Å². The molecular weight excluding hydrogens is 407 g/mol. The quantitative estimate of drug-likeness (QED) is 0.675. The fraction of sp³-hybridized carbons (Fsp3) is 0.0769. The Kier molecular flexibility index (Phi) is 5.23. The van der Waals surface area contributed by atoms with E-state index >= 15 is 0 Å². The Morgan fingerprint density at radius 1 is 0.920 bits per heavy atom. The molecule has 0 saturated heterocycles. The summed E-state index contributed by atoms with van der Waals surface area (Å²) in [6, 6.07) is 5.13. The Morgan fingerprint density at radius 2 is 1.44 bits per heavy atom.